The van der Waals surface area contributed by atoms with Crippen LogP contribution in [0, 0.1) is 0 Å². The summed E-state index contributed by atoms with van der Waals surface area (Å²) < 4.78 is 10.8. The molecule has 23 heavy (non-hydrogen) atoms. The maximum Gasteiger partial charge on any atom is 0.252 e. The van der Waals surface area contributed by atoms with Gasteiger partial charge in [-0.2, -0.15) is 0 Å². The molecule has 1 saturated heterocycles. The summed E-state index contributed by atoms with van der Waals surface area (Å²) in [4.78, 5) is 26.1. The van der Waals surface area contributed by atoms with Crippen LogP contribution in [-0.4, -0.2) is 49.1 Å². The third-order valence-corrected chi connectivity index (χ3v) is 3.58. The predicted molar refractivity (Wildman–Crippen MR) is 87.5 cm³/mol. The number of morpholine rings is 1. The molecular weight excluding hydrogens is 296 g/mol. The first-order valence-corrected chi connectivity index (χ1v) is 8.07. The third-order valence-electron chi connectivity index (χ3n) is 3.58. The Morgan fingerprint density at radius 2 is 2.09 bits per heavy atom. The molecule has 0 saturated carbocycles. The first kappa shape index (κ1) is 17.3. The second-order valence-electron chi connectivity index (χ2n) is 5.39. The Morgan fingerprint density at radius 1 is 1.35 bits per heavy atom. The Kier molecular flexibility index (Phi) is 6.40. The van der Waals surface area contributed by atoms with Crippen LogP contribution in [-0.2, 0) is 14.3 Å². The summed E-state index contributed by atoms with van der Waals surface area (Å²) in [6.07, 6.45) is 0.251. The molecule has 6 nitrogen and oxygen atoms in total. The molecular formula is C17H24N2O4. The monoisotopic (exact) mass is 320 g/mol. The minimum atomic E-state index is -0.682. The average Bonchev–Trinajstić information content (AvgIpc) is 2.53. The topological polar surface area (TPSA) is 67.9 Å². The van der Waals surface area contributed by atoms with E-state index in [9.17, 15) is 9.59 Å². The van der Waals surface area contributed by atoms with Crippen molar-refractivity contribution < 1.29 is 19.1 Å². The molecule has 1 aromatic rings. The van der Waals surface area contributed by atoms with Gasteiger partial charge in [0.2, 0.25) is 5.91 Å². The zero-order valence-electron chi connectivity index (χ0n) is 13.7. The van der Waals surface area contributed by atoms with Gasteiger partial charge in [-0.25, -0.2) is 0 Å². The summed E-state index contributed by atoms with van der Waals surface area (Å²) in [7, 11) is 0. The van der Waals surface area contributed by atoms with Crippen LogP contribution in [0.4, 0.5) is 5.69 Å². The molecule has 126 valence electrons. The number of ether oxygens (including phenoxy) is 2. The Balaban J connectivity index is 1.87. The number of benzene rings is 1. The number of carbonyl (C=O) groups is 2. The highest BCUT2D eigenvalue weighted by Crippen LogP contribution is 2.17. The van der Waals surface area contributed by atoms with Gasteiger partial charge in [0.05, 0.1) is 19.6 Å². The summed E-state index contributed by atoms with van der Waals surface area (Å²) in [5.41, 5.74) is 0.673. The molecule has 0 unspecified atom stereocenters. The van der Waals surface area contributed by atoms with Crippen molar-refractivity contribution in [2.45, 2.75) is 32.8 Å². The maximum atomic E-state index is 12.2. The number of nitrogens with zero attached hydrogens (tertiary/aromatic N) is 1. The standard InChI is InChI=1S/C17H24N2O4/c1-3-9-19-10-11-23-15(17(19)21)12-16(20)18-13-5-7-14(8-6-13)22-4-2/h5-8,15H,3-4,9-12H2,1-2H3,(H,18,20)/t15-/m1/s1. The fourth-order valence-electron chi connectivity index (χ4n) is 2.51. The van der Waals surface area contributed by atoms with Crippen LogP contribution in [0.2, 0.25) is 0 Å². The quantitative estimate of drug-likeness (QED) is 0.835. The smallest absolute Gasteiger partial charge is 0.252 e. The highest BCUT2D eigenvalue weighted by Gasteiger charge is 2.30. The SMILES string of the molecule is CCCN1CCO[C@H](CC(=O)Nc2ccc(OCC)cc2)C1=O. The molecule has 0 spiro atoms. The van der Waals surface area contributed by atoms with Crippen molar-refractivity contribution in [3.05, 3.63) is 24.3 Å². The molecule has 2 rings (SSSR count). The number of rotatable bonds is 7. The van der Waals surface area contributed by atoms with Crippen molar-refractivity contribution in [1.82, 2.24) is 4.90 Å². The highest BCUT2D eigenvalue weighted by atomic mass is 16.5. The fraction of sp³-hybridized carbons (Fsp3) is 0.529. The Labute approximate surface area is 136 Å². The van der Waals surface area contributed by atoms with Gasteiger partial charge in [0, 0.05) is 18.8 Å². The molecule has 2 amide bonds. The molecule has 1 aliphatic heterocycles. The lowest BCUT2D eigenvalue weighted by Gasteiger charge is -2.32. The summed E-state index contributed by atoms with van der Waals surface area (Å²) in [5.74, 6) is 0.428. The van der Waals surface area contributed by atoms with Crippen LogP contribution >= 0.6 is 0 Å². The molecule has 0 bridgehead atoms. The lowest BCUT2D eigenvalue weighted by Crippen LogP contribution is -2.49. The van der Waals surface area contributed by atoms with Crippen molar-refractivity contribution in [3.63, 3.8) is 0 Å². The number of amides is 2. The van der Waals surface area contributed by atoms with E-state index in [4.69, 9.17) is 9.47 Å². The normalized spacial score (nSPS) is 17.9. The number of hydrogen-bond donors (Lipinski definition) is 1. The second-order valence-corrected chi connectivity index (χ2v) is 5.39. The summed E-state index contributed by atoms with van der Waals surface area (Å²) in [6.45, 7) is 6.33. The predicted octanol–water partition coefficient (Wildman–Crippen LogP) is 2.05. The van der Waals surface area contributed by atoms with Gasteiger partial charge >= 0.3 is 0 Å². The van der Waals surface area contributed by atoms with Crippen molar-refractivity contribution >= 4 is 17.5 Å². The van der Waals surface area contributed by atoms with Crippen LogP contribution in [0.25, 0.3) is 0 Å². The Bertz CT molecular complexity index is 528. The zero-order chi connectivity index (χ0) is 16.7. The van der Waals surface area contributed by atoms with Crippen LogP contribution in [0.3, 0.4) is 0 Å². The van der Waals surface area contributed by atoms with E-state index in [1.54, 1.807) is 29.2 Å². The number of anilines is 1. The first-order chi connectivity index (χ1) is 11.1. The minimum Gasteiger partial charge on any atom is -0.494 e. The molecule has 6 heteroatoms. The second kappa shape index (κ2) is 8.53. The molecule has 0 aromatic heterocycles. The Morgan fingerprint density at radius 3 is 2.74 bits per heavy atom. The number of nitrogens with one attached hydrogen (secondary N) is 1. The number of carbonyl (C=O) groups excluding carboxylic acids is 2. The van der Waals surface area contributed by atoms with Gasteiger partial charge in [0.15, 0.2) is 0 Å². The zero-order valence-corrected chi connectivity index (χ0v) is 13.7. The van der Waals surface area contributed by atoms with E-state index in [1.165, 1.54) is 0 Å². The maximum absolute atomic E-state index is 12.2. The van der Waals surface area contributed by atoms with E-state index >= 15 is 0 Å². The fourth-order valence-corrected chi connectivity index (χ4v) is 2.51. The van der Waals surface area contributed by atoms with Crippen LogP contribution in [0.5, 0.6) is 5.75 Å². The van der Waals surface area contributed by atoms with Gasteiger partial charge in [-0.3, -0.25) is 9.59 Å². The molecule has 1 fully saturated rings. The van der Waals surface area contributed by atoms with Gasteiger partial charge in [-0.15, -0.1) is 0 Å². The van der Waals surface area contributed by atoms with Crippen molar-refractivity contribution in [2.75, 3.05) is 31.6 Å². The first-order valence-electron chi connectivity index (χ1n) is 8.07. The van der Waals surface area contributed by atoms with E-state index in [1.807, 2.05) is 13.8 Å². The molecule has 0 radical (unpaired) electrons. The summed E-state index contributed by atoms with van der Waals surface area (Å²) in [5, 5.41) is 2.78. The summed E-state index contributed by atoms with van der Waals surface area (Å²) >= 11 is 0. The van der Waals surface area contributed by atoms with E-state index in [2.05, 4.69) is 5.32 Å². The number of hydrogen-bond acceptors (Lipinski definition) is 4. The lowest BCUT2D eigenvalue weighted by atomic mass is 10.1. The Hall–Kier alpha value is -2.08. The van der Waals surface area contributed by atoms with Gasteiger partial charge in [-0.1, -0.05) is 6.92 Å². The van der Waals surface area contributed by atoms with Gasteiger partial charge < -0.3 is 19.7 Å². The molecule has 0 aliphatic carbocycles. The average molecular weight is 320 g/mol. The van der Waals surface area contributed by atoms with Gasteiger partial charge in [0.25, 0.3) is 5.91 Å². The van der Waals surface area contributed by atoms with E-state index in [0.29, 0.717) is 32.0 Å². The van der Waals surface area contributed by atoms with Crippen LogP contribution < -0.4 is 10.1 Å². The lowest BCUT2D eigenvalue weighted by molar-refractivity contribution is -0.155. The summed E-state index contributed by atoms with van der Waals surface area (Å²) in [6, 6.07) is 7.14. The van der Waals surface area contributed by atoms with Crippen molar-refractivity contribution in [3.8, 4) is 5.75 Å². The largest absolute Gasteiger partial charge is 0.494 e. The van der Waals surface area contributed by atoms with E-state index < -0.39 is 6.10 Å². The molecule has 1 heterocycles. The molecule has 1 atom stereocenters. The van der Waals surface area contributed by atoms with Crippen LogP contribution in [0.15, 0.2) is 24.3 Å². The van der Waals surface area contributed by atoms with E-state index in [0.717, 1.165) is 12.2 Å². The van der Waals surface area contributed by atoms with Crippen molar-refractivity contribution in [2.24, 2.45) is 0 Å². The third kappa shape index (κ3) is 4.96. The molecule has 1 aromatic carbocycles. The van der Waals surface area contributed by atoms with E-state index in [-0.39, 0.29) is 18.2 Å². The highest BCUT2D eigenvalue weighted by molar-refractivity contribution is 5.95. The van der Waals surface area contributed by atoms with Gasteiger partial charge in [0.1, 0.15) is 11.9 Å². The van der Waals surface area contributed by atoms with Crippen LogP contribution in [0.1, 0.15) is 26.7 Å². The minimum absolute atomic E-state index is 0.0340. The van der Waals surface area contributed by atoms with Crippen molar-refractivity contribution in [1.29, 1.82) is 0 Å². The molecule has 1 N–H and O–H groups in total. The molecule has 1 aliphatic rings. The van der Waals surface area contributed by atoms with Gasteiger partial charge in [-0.05, 0) is 37.6 Å².